The molecule has 2 aliphatic heterocycles. The zero-order valence-electron chi connectivity index (χ0n) is 20.5. The van der Waals surface area contributed by atoms with Gasteiger partial charge in [-0.1, -0.05) is 42.0 Å². The number of nitrogens with zero attached hydrogens (tertiary/aromatic N) is 2. The summed E-state index contributed by atoms with van der Waals surface area (Å²) in [5, 5.41) is 2.34. The quantitative estimate of drug-likeness (QED) is 0.493. The summed E-state index contributed by atoms with van der Waals surface area (Å²) in [6.07, 6.45) is 3.84. The van der Waals surface area contributed by atoms with E-state index >= 15 is 0 Å². The zero-order valence-corrected chi connectivity index (χ0v) is 20.5. The van der Waals surface area contributed by atoms with E-state index in [1.807, 2.05) is 19.1 Å². The molecule has 2 aromatic carbocycles. The molecule has 196 valence electrons. The minimum absolute atomic E-state index is 0.0185. The lowest BCUT2D eigenvalue weighted by Gasteiger charge is -2.35. The first-order valence-corrected chi connectivity index (χ1v) is 12.0. The molecule has 3 heterocycles. The fraction of sp³-hybridized carbons (Fsp3) is 0.250. The summed E-state index contributed by atoms with van der Waals surface area (Å²) in [5.41, 5.74) is 0.152. The third kappa shape index (κ3) is 4.81. The predicted octanol–water partition coefficient (Wildman–Crippen LogP) is 4.12. The molecule has 7 nitrogen and oxygen atoms in total. The highest BCUT2D eigenvalue weighted by Crippen LogP contribution is 2.33. The summed E-state index contributed by atoms with van der Waals surface area (Å²) >= 11 is 0. The van der Waals surface area contributed by atoms with Crippen molar-refractivity contribution in [1.29, 1.82) is 0 Å². The molecule has 0 aliphatic carbocycles. The van der Waals surface area contributed by atoms with E-state index in [1.54, 1.807) is 33.7 Å². The Balaban J connectivity index is 1.54. The lowest BCUT2D eigenvalue weighted by Crippen LogP contribution is -2.45. The van der Waals surface area contributed by atoms with E-state index in [1.165, 1.54) is 6.20 Å². The van der Waals surface area contributed by atoms with Crippen molar-refractivity contribution in [3.8, 4) is 5.75 Å². The molecule has 0 saturated carbocycles. The number of fused-ring (bicyclic) bond motifs is 4. The van der Waals surface area contributed by atoms with Crippen LogP contribution in [-0.2, 0) is 13.2 Å². The molecule has 3 aromatic rings. The molecule has 1 N–H and O–H groups in total. The summed E-state index contributed by atoms with van der Waals surface area (Å²) in [6, 6.07) is 9.79. The van der Waals surface area contributed by atoms with Gasteiger partial charge in [0.2, 0.25) is 5.43 Å². The Kier molecular flexibility index (Phi) is 6.79. The number of allylic oxidation sites excluding steroid dienone is 1. The number of hydrogen-bond acceptors (Lipinski definition) is 4. The van der Waals surface area contributed by atoms with Gasteiger partial charge in [0.1, 0.15) is 29.6 Å². The Morgan fingerprint density at radius 2 is 1.82 bits per heavy atom. The van der Waals surface area contributed by atoms with Crippen molar-refractivity contribution in [3.05, 3.63) is 110 Å². The van der Waals surface area contributed by atoms with Gasteiger partial charge >= 0.3 is 0 Å². The van der Waals surface area contributed by atoms with Crippen LogP contribution in [0.5, 0.6) is 5.75 Å². The number of hydrogen-bond donors (Lipinski definition) is 1. The fourth-order valence-corrected chi connectivity index (χ4v) is 4.75. The van der Waals surface area contributed by atoms with Crippen molar-refractivity contribution < 1.29 is 27.5 Å². The molecule has 1 aromatic heterocycles. The molecular formula is C28H24F3N3O4. The first-order chi connectivity index (χ1) is 18.2. The van der Waals surface area contributed by atoms with Crippen molar-refractivity contribution in [2.45, 2.75) is 32.5 Å². The highest BCUT2D eigenvalue weighted by molar-refractivity contribution is 5.99. The zero-order chi connectivity index (χ0) is 27.0. The average molecular weight is 524 g/mol. The number of halogens is 3. The highest BCUT2D eigenvalue weighted by atomic mass is 19.1. The first-order valence-electron chi connectivity index (χ1n) is 12.0. The smallest absolute Gasteiger partial charge is 0.274 e. The van der Waals surface area contributed by atoms with E-state index in [0.717, 1.165) is 11.1 Å². The number of carbonyl (C=O) groups is 2. The summed E-state index contributed by atoms with van der Waals surface area (Å²) in [7, 11) is 0. The van der Waals surface area contributed by atoms with Crippen LogP contribution in [0.15, 0.2) is 65.1 Å². The van der Waals surface area contributed by atoms with E-state index in [2.05, 4.69) is 5.32 Å². The van der Waals surface area contributed by atoms with Crippen LogP contribution in [0.3, 0.4) is 0 Å². The van der Waals surface area contributed by atoms with Crippen molar-refractivity contribution in [2.75, 3.05) is 13.1 Å². The van der Waals surface area contributed by atoms with Crippen LogP contribution in [0, 0.1) is 17.5 Å². The molecule has 0 unspecified atom stereocenters. The van der Waals surface area contributed by atoms with Crippen molar-refractivity contribution in [1.82, 2.24) is 14.8 Å². The Hall–Kier alpha value is -4.34. The largest absolute Gasteiger partial charge is 0.483 e. The lowest BCUT2D eigenvalue weighted by molar-refractivity contribution is 0.0684. The second kappa shape index (κ2) is 10.2. The third-order valence-corrected chi connectivity index (χ3v) is 6.73. The molecule has 2 amide bonds. The first kappa shape index (κ1) is 25.3. The van der Waals surface area contributed by atoms with E-state index in [9.17, 15) is 27.6 Å². The lowest BCUT2D eigenvalue weighted by atomic mass is 10.0. The standard InChI is InChI=1S/C28H24F3N3O4/c1-16-7-8-33-13-19(9-16)34-14-21(27(36)32-12-20-22(30)10-18(29)11-23(20)31)25(35)26(24(34)28(33)37)38-15-17-5-3-2-4-6-17/h2-7,10-11,14,19H,8-9,12-13,15H2,1H3,(H,32,36)/t19-/m0/s1. The Morgan fingerprint density at radius 3 is 2.53 bits per heavy atom. The minimum Gasteiger partial charge on any atom is -0.483 e. The maximum atomic E-state index is 14.1. The number of amides is 2. The SMILES string of the molecule is CC1=CCN2C[C@H](C1)n1cc(C(=O)NCc3c(F)cc(F)cc3F)c(=O)c(OCc3ccccc3)c1C2=O. The van der Waals surface area contributed by atoms with Gasteiger partial charge in [-0.15, -0.1) is 0 Å². The van der Waals surface area contributed by atoms with Gasteiger partial charge in [-0.3, -0.25) is 14.4 Å². The van der Waals surface area contributed by atoms with Crippen molar-refractivity contribution in [3.63, 3.8) is 0 Å². The highest BCUT2D eigenvalue weighted by Gasteiger charge is 2.37. The molecule has 0 saturated heterocycles. The van der Waals surface area contributed by atoms with Gasteiger partial charge < -0.3 is 19.5 Å². The summed E-state index contributed by atoms with van der Waals surface area (Å²) < 4.78 is 48.9. The number of benzene rings is 2. The van der Waals surface area contributed by atoms with Crippen LogP contribution < -0.4 is 15.5 Å². The molecule has 0 radical (unpaired) electrons. The van der Waals surface area contributed by atoms with Gasteiger partial charge in [0, 0.05) is 43.5 Å². The number of pyridine rings is 1. The van der Waals surface area contributed by atoms with E-state index in [4.69, 9.17) is 4.74 Å². The summed E-state index contributed by atoms with van der Waals surface area (Å²) in [6.45, 7) is 2.09. The monoisotopic (exact) mass is 523 g/mol. The van der Waals surface area contributed by atoms with Crippen LogP contribution >= 0.6 is 0 Å². The second-order valence-electron chi connectivity index (χ2n) is 9.38. The molecule has 1 atom stereocenters. The molecular weight excluding hydrogens is 499 g/mol. The molecule has 10 heteroatoms. The molecule has 2 aliphatic rings. The minimum atomic E-state index is -1.16. The van der Waals surface area contributed by atoms with Crippen molar-refractivity contribution >= 4 is 11.8 Å². The number of aromatic nitrogens is 1. The van der Waals surface area contributed by atoms with Crippen LogP contribution in [0.25, 0.3) is 0 Å². The van der Waals surface area contributed by atoms with E-state index in [0.29, 0.717) is 31.6 Å². The third-order valence-electron chi connectivity index (χ3n) is 6.73. The van der Waals surface area contributed by atoms with Gasteiger partial charge in [0.05, 0.1) is 6.04 Å². The van der Waals surface area contributed by atoms with Crippen LogP contribution in [0.2, 0.25) is 0 Å². The molecule has 0 fully saturated rings. The predicted molar refractivity (Wildman–Crippen MR) is 132 cm³/mol. The molecule has 2 bridgehead atoms. The topological polar surface area (TPSA) is 80.6 Å². The molecule has 5 rings (SSSR count). The van der Waals surface area contributed by atoms with Gasteiger partial charge in [0.25, 0.3) is 11.8 Å². The van der Waals surface area contributed by atoms with Gasteiger partial charge in [-0.2, -0.15) is 0 Å². The Labute approximate surface area is 216 Å². The number of nitrogens with one attached hydrogen (secondary N) is 1. The molecule has 0 spiro atoms. The maximum Gasteiger partial charge on any atom is 0.274 e. The second-order valence-corrected chi connectivity index (χ2v) is 9.38. The average Bonchev–Trinajstić information content (AvgIpc) is 3.06. The maximum absolute atomic E-state index is 14.1. The Bertz CT molecular complexity index is 1490. The fourth-order valence-electron chi connectivity index (χ4n) is 4.75. The van der Waals surface area contributed by atoms with Crippen LogP contribution in [0.1, 0.15) is 51.4 Å². The number of ether oxygens (including phenoxy) is 1. The van der Waals surface area contributed by atoms with Gasteiger partial charge in [-0.25, -0.2) is 13.2 Å². The Morgan fingerprint density at radius 1 is 1.11 bits per heavy atom. The van der Waals surface area contributed by atoms with Gasteiger partial charge in [0.15, 0.2) is 11.4 Å². The van der Waals surface area contributed by atoms with Gasteiger partial charge in [-0.05, 0) is 18.9 Å². The van der Waals surface area contributed by atoms with Crippen molar-refractivity contribution in [2.24, 2.45) is 0 Å². The number of rotatable bonds is 6. The van der Waals surface area contributed by atoms with Crippen LogP contribution in [-0.4, -0.2) is 34.4 Å². The normalized spacial score (nSPS) is 16.4. The summed E-state index contributed by atoms with van der Waals surface area (Å²) in [5.74, 6) is -4.98. The summed E-state index contributed by atoms with van der Waals surface area (Å²) in [4.78, 5) is 41.7. The van der Waals surface area contributed by atoms with Crippen LogP contribution in [0.4, 0.5) is 13.2 Å². The van der Waals surface area contributed by atoms with E-state index in [-0.39, 0.29) is 29.7 Å². The number of carbonyl (C=O) groups excluding carboxylic acids is 2. The van der Waals surface area contributed by atoms with E-state index < -0.39 is 46.8 Å². The molecule has 38 heavy (non-hydrogen) atoms.